The first-order valence-corrected chi connectivity index (χ1v) is 3.79. The summed E-state index contributed by atoms with van der Waals surface area (Å²) < 4.78 is 0. The first-order chi connectivity index (χ1) is 6.20. The maximum absolute atomic E-state index is 11.1. The highest BCUT2D eigenvalue weighted by atomic mass is 16.3. The van der Waals surface area contributed by atoms with E-state index in [9.17, 15) is 9.90 Å². The normalized spacial score (nSPS) is 10.5. The second-order valence-corrected chi connectivity index (χ2v) is 2.76. The molecular weight excluding hydrogens is 168 g/mol. The summed E-state index contributed by atoms with van der Waals surface area (Å²) in [6.07, 6.45) is 0. The minimum absolute atomic E-state index is 0.140. The molecule has 2 aromatic rings. The van der Waals surface area contributed by atoms with Gasteiger partial charge >= 0.3 is 0 Å². The van der Waals surface area contributed by atoms with Gasteiger partial charge < -0.3 is 15.8 Å². The summed E-state index contributed by atoms with van der Waals surface area (Å²) in [5.41, 5.74) is 5.33. The van der Waals surface area contributed by atoms with Crippen LogP contribution in [0.15, 0.2) is 29.1 Å². The second kappa shape index (κ2) is 2.52. The maximum Gasteiger partial charge on any atom is 0.275 e. The van der Waals surface area contributed by atoms with Gasteiger partial charge in [0.2, 0.25) is 0 Å². The van der Waals surface area contributed by atoms with Crippen LogP contribution in [-0.4, -0.2) is 10.1 Å². The summed E-state index contributed by atoms with van der Waals surface area (Å²) in [5.74, 6) is -0.153. The van der Waals surface area contributed by atoms with Crippen molar-refractivity contribution in [3.05, 3.63) is 34.6 Å². The molecule has 0 aliphatic carbocycles. The number of benzene rings is 1. The van der Waals surface area contributed by atoms with Gasteiger partial charge in [0.25, 0.3) is 5.56 Å². The lowest BCUT2D eigenvalue weighted by Gasteiger charge is -2.02. The van der Waals surface area contributed by atoms with Crippen LogP contribution in [0.4, 0.5) is 5.69 Å². The molecule has 0 amide bonds. The molecule has 13 heavy (non-hydrogen) atoms. The number of nitrogen functional groups attached to an aromatic ring is 1. The van der Waals surface area contributed by atoms with Crippen LogP contribution < -0.4 is 11.3 Å². The topological polar surface area (TPSA) is 79.1 Å². The number of aromatic hydroxyl groups is 1. The molecule has 4 N–H and O–H groups in total. The van der Waals surface area contributed by atoms with E-state index in [1.54, 1.807) is 24.3 Å². The Balaban J connectivity index is 3.02. The molecule has 1 heterocycles. The van der Waals surface area contributed by atoms with E-state index >= 15 is 0 Å². The number of pyridine rings is 1. The van der Waals surface area contributed by atoms with Gasteiger partial charge in [-0.15, -0.1) is 0 Å². The molecular formula is C9H8N2O2. The van der Waals surface area contributed by atoms with E-state index in [0.29, 0.717) is 10.9 Å². The zero-order valence-electron chi connectivity index (χ0n) is 6.74. The average molecular weight is 176 g/mol. The number of aromatic nitrogens is 1. The summed E-state index contributed by atoms with van der Waals surface area (Å²) in [5, 5.41) is 10.0. The van der Waals surface area contributed by atoms with Crippen LogP contribution in [0.2, 0.25) is 0 Å². The van der Waals surface area contributed by atoms with Gasteiger partial charge in [-0.2, -0.15) is 0 Å². The highest BCUT2D eigenvalue weighted by molar-refractivity contribution is 5.88. The Morgan fingerprint density at radius 2 is 2.00 bits per heavy atom. The molecule has 0 bridgehead atoms. The third-order valence-electron chi connectivity index (χ3n) is 1.93. The molecule has 2 rings (SSSR count). The van der Waals surface area contributed by atoms with Crippen molar-refractivity contribution in [1.82, 2.24) is 4.98 Å². The number of nitrogens with two attached hydrogens (primary N) is 1. The van der Waals surface area contributed by atoms with E-state index in [1.807, 2.05) is 0 Å². The summed E-state index contributed by atoms with van der Waals surface area (Å²) in [6, 6.07) is 6.93. The smallest absolute Gasteiger partial charge is 0.275 e. The zero-order valence-corrected chi connectivity index (χ0v) is 6.74. The molecule has 0 aliphatic rings. The van der Waals surface area contributed by atoms with Crippen LogP contribution in [0, 0.1) is 0 Å². The van der Waals surface area contributed by atoms with Gasteiger partial charge in [-0.25, -0.2) is 0 Å². The summed E-state index contributed by atoms with van der Waals surface area (Å²) in [4.78, 5) is 13.7. The van der Waals surface area contributed by atoms with Crippen molar-refractivity contribution in [3.63, 3.8) is 0 Å². The van der Waals surface area contributed by atoms with Crippen molar-refractivity contribution in [2.24, 2.45) is 0 Å². The molecule has 0 unspecified atom stereocenters. The predicted molar refractivity (Wildman–Crippen MR) is 50.6 cm³/mol. The fourth-order valence-corrected chi connectivity index (χ4v) is 1.24. The first kappa shape index (κ1) is 7.67. The van der Waals surface area contributed by atoms with E-state index in [1.165, 1.54) is 0 Å². The molecule has 1 aromatic heterocycles. The fourth-order valence-electron chi connectivity index (χ4n) is 1.24. The van der Waals surface area contributed by atoms with Gasteiger partial charge in [0.05, 0.1) is 5.52 Å². The van der Waals surface area contributed by atoms with Crippen molar-refractivity contribution < 1.29 is 5.11 Å². The van der Waals surface area contributed by atoms with Gasteiger partial charge in [0.15, 0.2) is 5.75 Å². The maximum atomic E-state index is 11.1. The van der Waals surface area contributed by atoms with Crippen molar-refractivity contribution in [2.75, 3.05) is 5.73 Å². The third-order valence-corrected chi connectivity index (χ3v) is 1.93. The van der Waals surface area contributed by atoms with E-state index in [-0.39, 0.29) is 11.4 Å². The van der Waals surface area contributed by atoms with Gasteiger partial charge in [0.1, 0.15) is 5.69 Å². The molecule has 4 nitrogen and oxygen atoms in total. The molecule has 0 radical (unpaired) electrons. The molecule has 0 saturated heterocycles. The second-order valence-electron chi connectivity index (χ2n) is 2.76. The minimum atomic E-state index is -0.462. The standard InChI is InChI=1S/C9H8N2O2/c10-7-8(12)5-3-1-2-4-6(5)11-9(7)13/h1-4H,10H2,(H2,11,12,13). The highest BCUT2D eigenvalue weighted by Gasteiger charge is 2.06. The molecule has 0 saturated carbocycles. The molecule has 0 aliphatic heterocycles. The number of hydrogen-bond acceptors (Lipinski definition) is 3. The van der Waals surface area contributed by atoms with Gasteiger partial charge in [-0.05, 0) is 12.1 Å². The summed E-state index contributed by atoms with van der Waals surface area (Å²) in [6.45, 7) is 0. The van der Waals surface area contributed by atoms with Gasteiger partial charge in [-0.3, -0.25) is 4.79 Å². The minimum Gasteiger partial charge on any atom is -0.505 e. The number of aromatic amines is 1. The number of H-pyrrole nitrogens is 1. The van der Waals surface area contributed by atoms with Crippen molar-refractivity contribution >= 4 is 16.6 Å². The quantitative estimate of drug-likeness (QED) is 0.555. The number of hydrogen-bond donors (Lipinski definition) is 3. The van der Waals surface area contributed by atoms with Gasteiger partial charge in [-0.1, -0.05) is 12.1 Å². The van der Waals surface area contributed by atoms with E-state index in [2.05, 4.69) is 4.98 Å². The lowest BCUT2D eigenvalue weighted by Crippen LogP contribution is -2.11. The number of fused-ring (bicyclic) bond motifs is 1. The van der Waals surface area contributed by atoms with Crippen molar-refractivity contribution in [1.29, 1.82) is 0 Å². The lowest BCUT2D eigenvalue weighted by molar-refractivity contribution is 0.483. The molecule has 66 valence electrons. The van der Waals surface area contributed by atoms with Crippen LogP contribution >= 0.6 is 0 Å². The largest absolute Gasteiger partial charge is 0.505 e. The van der Waals surface area contributed by atoms with Gasteiger partial charge in [0, 0.05) is 5.39 Å². The van der Waals surface area contributed by atoms with Crippen molar-refractivity contribution in [3.8, 4) is 5.75 Å². The zero-order chi connectivity index (χ0) is 9.42. The number of nitrogens with one attached hydrogen (secondary N) is 1. The van der Waals surface area contributed by atoms with Crippen molar-refractivity contribution in [2.45, 2.75) is 0 Å². The SMILES string of the molecule is Nc1c(O)c2ccccc2[nH]c1=O. The number of anilines is 1. The third kappa shape index (κ3) is 1.03. The fraction of sp³-hybridized carbons (Fsp3) is 0. The molecule has 0 fully saturated rings. The number of para-hydroxylation sites is 1. The Hall–Kier alpha value is -1.97. The Kier molecular flexibility index (Phi) is 1.48. The summed E-state index contributed by atoms with van der Waals surface area (Å²) in [7, 11) is 0. The first-order valence-electron chi connectivity index (χ1n) is 3.79. The Bertz CT molecular complexity index is 516. The Morgan fingerprint density at radius 1 is 1.31 bits per heavy atom. The number of rotatable bonds is 0. The monoisotopic (exact) mass is 176 g/mol. The van der Waals surface area contributed by atoms with Crippen LogP contribution in [0.1, 0.15) is 0 Å². The van der Waals surface area contributed by atoms with Crippen LogP contribution in [0.25, 0.3) is 10.9 Å². The Labute approximate surface area is 73.6 Å². The average Bonchev–Trinajstić information content (AvgIpc) is 2.15. The Morgan fingerprint density at radius 3 is 2.77 bits per heavy atom. The molecule has 4 heteroatoms. The van der Waals surface area contributed by atoms with E-state index in [0.717, 1.165) is 0 Å². The highest BCUT2D eigenvalue weighted by Crippen LogP contribution is 2.25. The van der Waals surface area contributed by atoms with E-state index in [4.69, 9.17) is 5.73 Å². The molecule has 0 atom stereocenters. The molecule has 0 spiro atoms. The molecule has 1 aromatic carbocycles. The lowest BCUT2D eigenvalue weighted by atomic mass is 10.2. The predicted octanol–water partition coefficient (Wildman–Crippen LogP) is 0.816. The van der Waals surface area contributed by atoms with E-state index < -0.39 is 5.56 Å². The van der Waals surface area contributed by atoms with Crippen LogP contribution in [0.5, 0.6) is 5.75 Å². The summed E-state index contributed by atoms with van der Waals surface area (Å²) >= 11 is 0. The van der Waals surface area contributed by atoms with Crippen LogP contribution in [-0.2, 0) is 0 Å². The van der Waals surface area contributed by atoms with Crippen LogP contribution in [0.3, 0.4) is 0 Å².